The van der Waals surface area contributed by atoms with Gasteiger partial charge in [-0.15, -0.1) is 0 Å². The van der Waals surface area contributed by atoms with Gasteiger partial charge in [0.05, 0.1) is 23.0 Å². The van der Waals surface area contributed by atoms with Gasteiger partial charge in [0.1, 0.15) is 5.82 Å². The highest BCUT2D eigenvalue weighted by Gasteiger charge is 2.30. The number of nitrogens with one attached hydrogen (secondary N) is 2. The standard InChI is InChI=1S/C17H16N4.C8H7F3S/c1-2-4-16-12(3-1)9-14(11-20-16)21-17-15-6-7-18-10-13(15)5-8-19-17;9-8(10,11)7-3-1-2-6(4-7)5-12/h1-5,8-9,11,18H,6-7,10H2,(H,19,21);1-4,12H,5H2. The Balaban J connectivity index is 0.000000185. The van der Waals surface area contributed by atoms with Gasteiger partial charge in [-0.3, -0.25) is 4.98 Å². The molecule has 2 aromatic heterocycles. The summed E-state index contributed by atoms with van der Waals surface area (Å²) in [5.41, 5.74) is 4.59. The van der Waals surface area contributed by atoms with Crippen molar-refractivity contribution in [2.45, 2.75) is 24.9 Å². The third-order valence-corrected chi connectivity index (χ3v) is 5.68. The molecular weight excluding hydrogens is 445 g/mol. The number of benzene rings is 2. The molecule has 1 aliphatic rings. The Morgan fingerprint density at radius 2 is 1.85 bits per heavy atom. The van der Waals surface area contributed by atoms with E-state index in [1.807, 2.05) is 30.6 Å². The molecule has 2 N–H and O–H groups in total. The molecule has 0 bridgehead atoms. The lowest BCUT2D eigenvalue weighted by atomic mass is 10.0. The van der Waals surface area contributed by atoms with Gasteiger partial charge < -0.3 is 10.6 Å². The number of nitrogens with zero attached hydrogens (tertiary/aromatic N) is 2. The smallest absolute Gasteiger partial charge is 0.339 e. The molecule has 1 aliphatic heterocycles. The highest BCUT2D eigenvalue weighted by Crippen LogP contribution is 2.29. The van der Waals surface area contributed by atoms with E-state index in [1.165, 1.54) is 17.2 Å². The minimum absolute atomic E-state index is 0.323. The lowest BCUT2D eigenvalue weighted by Gasteiger charge is -2.20. The van der Waals surface area contributed by atoms with E-state index < -0.39 is 11.7 Å². The van der Waals surface area contributed by atoms with Crippen LogP contribution in [0.3, 0.4) is 0 Å². The fraction of sp³-hybridized carbons (Fsp3) is 0.200. The molecule has 33 heavy (non-hydrogen) atoms. The average Bonchev–Trinajstić information content (AvgIpc) is 2.84. The zero-order chi connectivity index (χ0) is 23.3. The Morgan fingerprint density at radius 1 is 1.00 bits per heavy atom. The Kier molecular flexibility index (Phi) is 7.15. The summed E-state index contributed by atoms with van der Waals surface area (Å²) in [7, 11) is 0. The molecule has 3 heterocycles. The maximum absolute atomic E-state index is 12.1. The van der Waals surface area contributed by atoms with Crippen LogP contribution in [0.5, 0.6) is 0 Å². The van der Waals surface area contributed by atoms with Gasteiger partial charge in [-0.2, -0.15) is 25.8 Å². The number of fused-ring (bicyclic) bond motifs is 2. The monoisotopic (exact) mass is 468 g/mol. The molecule has 0 aliphatic carbocycles. The van der Waals surface area contributed by atoms with Crippen molar-refractivity contribution in [3.8, 4) is 0 Å². The van der Waals surface area contributed by atoms with Crippen molar-refractivity contribution in [1.29, 1.82) is 0 Å². The zero-order valence-corrected chi connectivity index (χ0v) is 18.6. The van der Waals surface area contributed by atoms with E-state index in [0.29, 0.717) is 11.3 Å². The van der Waals surface area contributed by atoms with Crippen LogP contribution in [-0.2, 0) is 24.9 Å². The van der Waals surface area contributed by atoms with Crippen molar-refractivity contribution in [2.75, 3.05) is 11.9 Å². The molecule has 0 amide bonds. The average molecular weight is 469 g/mol. The predicted octanol–water partition coefficient (Wildman–Crippen LogP) is 6.15. The second-order valence-electron chi connectivity index (χ2n) is 7.62. The van der Waals surface area contributed by atoms with E-state index in [1.54, 1.807) is 6.07 Å². The van der Waals surface area contributed by atoms with Crippen molar-refractivity contribution in [1.82, 2.24) is 15.3 Å². The Labute approximate surface area is 195 Å². The van der Waals surface area contributed by atoms with Crippen LogP contribution < -0.4 is 10.6 Å². The van der Waals surface area contributed by atoms with E-state index in [2.05, 4.69) is 51.4 Å². The fourth-order valence-corrected chi connectivity index (χ4v) is 3.84. The van der Waals surface area contributed by atoms with Crippen molar-refractivity contribution in [3.05, 3.63) is 95.3 Å². The predicted molar refractivity (Wildman–Crippen MR) is 129 cm³/mol. The number of hydrogen-bond acceptors (Lipinski definition) is 5. The summed E-state index contributed by atoms with van der Waals surface area (Å²) in [6.45, 7) is 1.92. The molecule has 0 radical (unpaired) electrons. The van der Waals surface area contributed by atoms with Gasteiger partial charge in [-0.05, 0) is 48.4 Å². The maximum atomic E-state index is 12.1. The molecule has 0 fully saturated rings. The molecule has 0 saturated carbocycles. The molecule has 5 rings (SSSR count). The summed E-state index contributed by atoms with van der Waals surface area (Å²) in [5, 5.41) is 7.94. The van der Waals surface area contributed by atoms with Gasteiger partial charge in [0.2, 0.25) is 0 Å². The van der Waals surface area contributed by atoms with E-state index in [9.17, 15) is 13.2 Å². The summed E-state index contributed by atoms with van der Waals surface area (Å²) in [5.74, 6) is 1.27. The number of hydrogen-bond donors (Lipinski definition) is 3. The molecule has 0 saturated heterocycles. The quantitative estimate of drug-likeness (QED) is 0.316. The number of thiol groups is 1. The van der Waals surface area contributed by atoms with Crippen LogP contribution in [0.25, 0.3) is 10.9 Å². The number of halogens is 3. The van der Waals surface area contributed by atoms with Crippen molar-refractivity contribution in [3.63, 3.8) is 0 Å². The minimum atomic E-state index is -4.25. The van der Waals surface area contributed by atoms with E-state index in [0.717, 1.165) is 54.1 Å². The number of rotatable bonds is 3. The highest BCUT2D eigenvalue weighted by molar-refractivity contribution is 7.79. The molecule has 4 nitrogen and oxygen atoms in total. The lowest BCUT2D eigenvalue weighted by molar-refractivity contribution is -0.137. The van der Waals surface area contributed by atoms with Crippen LogP contribution in [0.2, 0.25) is 0 Å². The normalized spacial score (nSPS) is 13.1. The number of pyridine rings is 2. The van der Waals surface area contributed by atoms with E-state index in [4.69, 9.17) is 0 Å². The van der Waals surface area contributed by atoms with Gasteiger partial charge >= 0.3 is 6.18 Å². The van der Waals surface area contributed by atoms with Crippen molar-refractivity contribution in [2.24, 2.45) is 0 Å². The third-order valence-electron chi connectivity index (χ3n) is 5.31. The van der Waals surface area contributed by atoms with Crippen LogP contribution in [0.4, 0.5) is 24.7 Å². The molecule has 2 aromatic carbocycles. The van der Waals surface area contributed by atoms with Gasteiger partial charge in [0.25, 0.3) is 0 Å². The lowest BCUT2D eigenvalue weighted by Crippen LogP contribution is -2.24. The summed E-state index contributed by atoms with van der Waals surface area (Å²) >= 11 is 3.89. The number of para-hydroxylation sites is 1. The molecule has 4 aromatic rings. The Morgan fingerprint density at radius 3 is 2.67 bits per heavy atom. The van der Waals surface area contributed by atoms with Crippen LogP contribution in [-0.4, -0.2) is 16.5 Å². The third kappa shape index (κ3) is 5.83. The maximum Gasteiger partial charge on any atom is 0.416 e. The van der Waals surface area contributed by atoms with E-state index >= 15 is 0 Å². The number of anilines is 2. The molecule has 0 atom stereocenters. The Bertz CT molecular complexity index is 1240. The highest BCUT2D eigenvalue weighted by atomic mass is 32.1. The Hall–Kier alpha value is -3.10. The fourth-order valence-electron chi connectivity index (χ4n) is 3.64. The van der Waals surface area contributed by atoms with Gasteiger partial charge in [0.15, 0.2) is 0 Å². The van der Waals surface area contributed by atoms with Crippen molar-refractivity contribution >= 4 is 35.0 Å². The summed E-state index contributed by atoms with van der Waals surface area (Å²) < 4.78 is 36.2. The van der Waals surface area contributed by atoms with Crippen LogP contribution in [0.1, 0.15) is 22.3 Å². The number of aromatic nitrogens is 2. The molecule has 170 valence electrons. The first-order chi connectivity index (χ1) is 15.9. The SMILES string of the molecule is FC(F)(F)c1cccc(CS)c1.c1ccc2ncc(Nc3nccc4c3CCNC4)cc2c1. The summed E-state index contributed by atoms with van der Waals surface area (Å²) in [6, 6.07) is 17.5. The zero-order valence-electron chi connectivity index (χ0n) is 17.7. The molecular formula is C25H23F3N4S. The first-order valence-corrected chi connectivity index (χ1v) is 11.1. The first-order valence-electron chi connectivity index (χ1n) is 10.5. The second kappa shape index (κ2) is 10.2. The van der Waals surface area contributed by atoms with Crippen LogP contribution in [0, 0.1) is 0 Å². The molecule has 0 spiro atoms. The first kappa shape index (κ1) is 23.1. The van der Waals surface area contributed by atoms with Gasteiger partial charge in [-0.25, -0.2) is 4.98 Å². The van der Waals surface area contributed by atoms with Crippen LogP contribution >= 0.6 is 12.6 Å². The largest absolute Gasteiger partial charge is 0.416 e. The second-order valence-corrected chi connectivity index (χ2v) is 7.94. The molecule has 0 unspecified atom stereocenters. The summed E-state index contributed by atoms with van der Waals surface area (Å²) in [4.78, 5) is 8.99. The molecule has 8 heteroatoms. The number of alkyl halides is 3. The van der Waals surface area contributed by atoms with Gasteiger partial charge in [-0.1, -0.05) is 36.4 Å². The summed E-state index contributed by atoms with van der Waals surface area (Å²) in [6.07, 6.45) is 0.485. The van der Waals surface area contributed by atoms with Crippen molar-refractivity contribution < 1.29 is 13.2 Å². The van der Waals surface area contributed by atoms with Gasteiger partial charge in [0, 0.05) is 29.4 Å². The topological polar surface area (TPSA) is 49.8 Å². The minimum Gasteiger partial charge on any atom is -0.339 e. The van der Waals surface area contributed by atoms with Crippen LogP contribution in [0.15, 0.2) is 73.1 Å². The van der Waals surface area contributed by atoms with E-state index in [-0.39, 0.29) is 0 Å².